The normalized spacial score (nSPS) is 12.9. The van der Waals surface area contributed by atoms with Crippen molar-refractivity contribution in [1.82, 2.24) is 24.4 Å². The van der Waals surface area contributed by atoms with Gasteiger partial charge in [0.25, 0.3) is 0 Å². The van der Waals surface area contributed by atoms with E-state index in [9.17, 15) is 5.11 Å². The van der Waals surface area contributed by atoms with Gasteiger partial charge in [0.05, 0.1) is 16.7 Å². The van der Waals surface area contributed by atoms with Crippen molar-refractivity contribution in [2.45, 2.75) is 39.3 Å². The minimum atomic E-state index is -0.598. The van der Waals surface area contributed by atoms with Crippen LogP contribution in [-0.4, -0.2) is 29.5 Å². The molecule has 0 bridgehead atoms. The lowest BCUT2D eigenvalue weighted by molar-refractivity contribution is 0.176. The number of aliphatic hydroxyl groups excluding tert-OH is 1. The highest BCUT2D eigenvalue weighted by atomic mass is 32.1. The van der Waals surface area contributed by atoms with Gasteiger partial charge in [0.1, 0.15) is 12.2 Å². The summed E-state index contributed by atoms with van der Waals surface area (Å²) < 4.78 is 5.66. The highest BCUT2D eigenvalue weighted by Crippen LogP contribution is 2.23. The van der Waals surface area contributed by atoms with E-state index in [1.165, 1.54) is 17.9 Å². The average Bonchev–Trinajstić information content (AvgIpc) is 2.96. The zero-order valence-corrected chi connectivity index (χ0v) is 10.7. The molecule has 2 rings (SSSR count). The van der Waals surface area contributed by atoms with Crippen molar-refractivity contribution >= 4 is 11.5 Å². The van der Waals surface area contributed by atoms with E-state index in [0.717, 1.165) is 29.4 Å². The summed E-state index contributed by atoms with van der Waals surface area (Å²) in [6, 6.07) is 0. The fourth-order valence-electron chi connectivity index (χ4n) is 1.69. The molecule has 0 saturated heterocycles. The smallest absolute Gasteiger partial charge is 0.138 e. The van der Waals surface area contributed by atoms with Gasteiger partial charge in [-0.3, -0.25) is 4.68 Å². The summed E-state index contributed by atoms with van der Waals surface area (Å²) in [6.45, 7) is 4.75. The quantitative estimate of drug-likeness (QED) is 0.859. The molecule has 0 radical (unpaired) electrons. The first kappa shape index (κ1) is 12.1. The molecule has 0 aromatic carbocycles. The van der Waals surface area contributed by atoms with Crippen molar-refractivity contribution in [2.24, 2.45) is 0 Å². The van der Waals surface area contributed by atoms with Crippen LogP contribution >= 0.6 is 11.5 Å². The van der Waals surface area contributed by atoms with Crippen LogP contribution in [0.2, 0.25) is 0 Å². The third-order valence-electron chi connectivity index (χ3n) is 2.59. The number of aliphatic hydroxyl groups is 1. The van der Waals surface area contributed by atoms with Crippen LogP contribution in [0.25, 0.3) is 0 Å². The molecule has 7 heteroatoms. The zero-order chi connectivity index (χ0) is 12.3. The lowest BCUT2D eigenvalue weighted by Gasteiger charge is -2.09. The Hall–Kier alpha value is -1.34. The van der Waals surface area contributed by atoms with Crippen LogP contribution in [0, 0.1) is 0 Å². The number of aromatic nitrogens is 5. The second-order valence-electron chi connectivity index (χ2n) is 3.65. The lowest BCUT2D eigenvalue weighted by atomic mass is 10.1. The van der Waals surface area contributed by atoms with Crippen LogP contribution in [0.1, 0.15) is 36.3 Å². The topological polar surface area (TPSA) is 76.7 Å². The van der Waals surface area contributed by atoms with Crippen molar-refractivity contribution in [3.8, 4) is 0 Å². The fraction of sp³-hybridized carbons (Fsp3) is 0.600. The second-order valence-corrected chi connectivity index (χ2v) is 4.44. The predicted molar refractivity (Wildman–Crippen MR) is 63.6 cm³/mol. The van der Waals surface area contributed by atoms with E-state index in [-0.39, 0.29) is 0 Å². The van der Waals surface area contributed by atoms with Gasteiger partial charge in [-0.1, -0.05) is 11.4 Å². The van der Waals surface area contributed by atoms with Crippen molar-refractivity contribution in [3.05, 3.63) is 22.7 Å². The third-order valence-corrected chi connectivity index (χ3v) is 3.46. The van der Waals surface area contributed by atoms with Gasteiger partial charge in [-0.25, -0.2) is 4.98 Å². The zero-order valence-electron chi connectivity index (χ0n) is 9.87. The van der Waals surface area contributed by atoms with Crippen molar-refractivity contribution in [1.29, 1.82) is 0 Å². The molecule has 1 unspecified atom stereocenters. The summed E-state index contributed by atoms with van der Waals surface area (Å²) in [6.07, 6.45) is 2.14. The van der Waals surface area contributed by atoms with Crippen molar-refractivity contribution in [2.75, 3.05) is 0 Å². The standard InChI is InChI=1S/C10H15N5OS/c1-3-7-10(17-14-13-7)8(16)5-9-11-6-12-15(9)4-2/h6,8,16H,3-5H2,1-2H3. The number of hydrogen-bond acceptors (Lipinski definition) is 6. The predicted octanol–water partition coefficient (Wildman–Crippen LogP) is 0.988. The van der Waals surface area contributed by atoms with Crippen LogP contribution in [0.4, 0.5) is 0 Å². The van der Waals surface area contributed by atoms with E-state index in [0.29, 0.717) is 6.42 Å². The van der Waals surface area contributed by atoms with E-state index in [1.807, 2.05) is 13.8 Å². The van der Waals surface area contributed by atoms with E-state index in [4.69, 9.17) is 0 Å². The summed E-state index contributed by atoms with van der Waals surface area (Å²) >= 11 is 1.25. The van der Waals surface area contributed by atoms with E-state index < -0.39 is 6.10 Å². The first-order valence-corrected chi connectivity index (χ1v) is 6.39. The Morgan fingerprint density at radius 3 is 3.00 bits per heavy atom. The molecule has 2 aromatic heterocycles. The van der Waals surface area contributed by atoms with Gasteiger partial charge in [0, 0.05) is 13.0 Å². The molecule has 0 amide bonds. The van der Waals surface area contributed by atoms with Crippen molar-refractivity contribution in [3.63, 3.8) is 0 Å². The Morgan fingerprint density at radius 2 is 2.29 bits per heavy atom. The Morgan fingerprint density at radius 1 is 1.47 bits per heavy atom. The van der Waals surface area contributed by atoms with Gasteiger partial charge < -0.3 is 5.11 Å². The van der Waals surface area contributed by atoms with Crippen LogP contribution < -0.4 is 0 Å². The van der Waals surface area contributed by atoms with Gasteiger partial charge in [0.15, 0.2) is 0 Å². The van der Waals surface area contributed by atoms with Gasteiger partial charge in [-0.2, -0.15) is 5.10 Å². The van der Waals surface area contributed by atoms with E-state index in [1.54, 1.807) is 4.68 Å². The maximum Gasteiger partial charge on any atom is 0.138 e. The van der Waals surface area contributed by atoms with Crippen LogP contribution in [0.3, 0.4) is 0 Å². The van der Waals surface area contributed by atoms with E-state index >= 15 is 0 Å². The molecule has 0 fully saturated rings. The molecule has 0 aliphatic heterocycles. The molecular formula is C10H15N5OS. The highest BCUT2D eigenvalue weighted by molar-refractivity contribution is 7.05. The SMILES string of the molecule is CCc1nnsc1C(O)Cc1ncnn1CC. The van der Waals surface area contributed by atoms with Crippen LogP contribution in [0.15, 0.2) is 6.33 Å². The fourth-order valence-corrected chi connectivity index (χ4v) is 2.41. The molecule has 1 N–H and O–H groups in total. The number of hydrogen-bond donors (Lipinski definition) is 1. The Labute approximate surface area is 103 Å². The molecule has 2 heterocycles. The molecule has 0 aliphatic carbocycles. The summed E-state index contributed by atoms with van der Waals surface area (Å²) in [7, 11) is 0. The molecule has 6 nitrogen and oxygen atoms in total. The van der Waals surface area contributed by atoms with Gasteiger partial charge >= 0.3 is 0 Å². The first-order valence-electron chi connectivity index (χ1n) is 5.62. The van der Waals surface area contributed by atoms with Gasteiger partial charge in [-0.15, -0.1) is 5.10 Å². The molecule has 17 heavy (non-hydrogen) atoms. The molecule has 1 atom stereocenters. The highest BCUT2D eigenvalue weighted by Gasteiger charge is 2.18. The van der Waals surface area contributed by atoms with Gasteiger partial charge in [0.2, 0.25) is 0 Å². The first-order chi connectivity index (χ1) is 8.26. The minimum absolute atomic E-state index is 0.449. The largest absolute Gasteiger partial charge is 0.387 e. The third kappa shape index (κ3) is 2.50. The molecule has 0 aliphatic rings. The van der Waals surface area contributed by atoms with Crippen LogP contribution in [-0.2, 0) is 19.4 Å². The monoisotopic (exact) mass is 253 g/mol. The average molecular weight is 253 g/mol. The van der Waals surface area contributed by atoms with Gasteiger partial charge in [-0.05, 0) is 24.9 Å². The summed E-state index contributed by atoms with van der Waals surface area (Å²) in [5.41, 5.74) is 0.866. The summed E-state index contributed by atoms with van der Waals surface area (Å²) in [4.78, 5) is 4.98. The number of nitrogens with zero attached hydrogens (tertiary/aromatic N) is 5. The molecule has 0 saturated carbocycles. The maximum atomic E-state index is 10.2. The van der Waals surface area contributed by atoms with Crippen LogP contribution in [0.5, 0.6) is 0 Å². The lowest BCUT2D eigenvalue weighted by Crippen LogP contribution is -2.09. The maximum absolute atomic E-state index is 10.2. The Balaban J connectivity index is 2.14. The Kier molecular flexibility index (Phi) is 3.80. The number of rotatable bonds is 5. The molecule has 0 spiro atoms. The van der Waals surface area contributed by atoms with Crippen molar-refractivity contribution < 1.29 is 5.11 Å². The number of aryl methyl sites for hydroxylation is 2. The summed E-state index contributed by atoms with van der Waals surface area (Å²) in [5.74, 6) is 0.787. The molecule has 2 aromatic rings. The molecular weight excluding hydrogens is 238 g/mol. The minimum Gasteiger partial charge on any atom is -0.387 e. The summed E-state index contributed by atoms with van der Waals surface area (Å²) in [5, 5.41) is 18.2. The molecule has 92 valence electrons. The van der Waals surface area contributed by atoms with E-state index in [2.05, 4.69) is 19.7 Å². The second kappa shape index (κ2) is 5.33. The Bertz CT molecular complexity index is 481.